The molecule has 0 amide bonds. The van der Waals surface area contributed by atoms with Crippen LogP contribution in [0.3, 0.4) is 0 Å². The standard InChI is InChI=1S/C10H5ClF3NO3S/c11-5-1-4(10(12,13)14)3-15-8(5)19-6-2-7(16)18-9(6)17/h1,3,6H,2H2/t6-/m0/s1. The number of thioether (sulfide) groups is 1. The van der Waals surface area contributed by atoms with Crippen LogP contribution in [0.1, 0.15) is 12.0 Å². The molecule has 2 heterocycles. The molecular weight excluding hydrogens is 307 g/mol. The van der Waals surface area contributed by atoms with Gasteiger partial charge in [0.05, 0.1) is 17.0 Å². The number of halogens is 4. The van der Waals surface area contributed by atoms with Crippen molar-refractivity contribution in [1.29, 1.82) is 0 Å². The monoisotopic (exact) mass is 311 g/mol. The molecule has 1 atom stereocenters. The Morgan fingerprint density at radius 2 is 2.11 bits per heavy atom. The molecule has 2 rings (SSSR count). The van der Waals surface area contributed by atoms with Crippen LogP contribution < -0.4 is 0 Å². The van der Waals surface area contributed by atoms with Crippen LogP contribution >= 0.6 is 23.4 Å². The first kappa shape index (κ1) is 14.1. The number of nitrogens with zero attached hydrogens (tertiary/aromatic N) is 1. The number of hydrogen-bond acceptors (Lipinski definition) is 5. The molecule has 1 saturated heterocycles. The van der Waals surface area contributed by atoms with Crippen molar-refractivity contribution in [1.82, 2.24) is 4.98 Å². The summed E-state index contributed by atoms with van der Waals surface area (Å²) in [6, 6.07) is 0.721. The van der Waals surface area contributed by atoms with E-state index in [1.807, 2.05) is 0 Å². The smallest absolute Gasteiger partial charge is 0.392 e. The SMILES string of the molecule is O=C1C[C@H](Sc2ncc(C(F)(F)F)cc2Cl)C(=O)O1. The molecule has 4 nitrogen and oxygen atoms in total. The number of rotatable bonds is 2. The van der Waals surface area contributed by atoms with Gasteiger partial charge in [0.15, 0.2) is 0 Å². The maximum atomic E-state index is 12.4. The van der Waals surface area contributed by atoms with Gasteiger partial charge in [-0.05, 0) is 6.07 Å². The van der Waals surface area contributed by atoms with Gasteiger partial charge in [-0.1, -0.05) is 23.4 Å². The average molecular weight is 312 g/mol. The van der Waals surface area contributed by atoms with E-state index >= 15 is 0 Å². The predicted molar refractivity (Wildman–Crippen MR) is 59.6 cm³/mol. The Morgan fingerprint density at radius 1 is 1.42 bits per heavy atom. The van der Waals surface area contributed by atoms with Crippen LogP contribution in [0, 0.1) is 0 Å². The summed E-state index contributed by atoms with van der Waals surface area (Å²) in [5.41, 5.74) is -0.980. The molecule has 1 aliphatic rings. The van der Waals surface area contributed by atoms with Gasteiger partial charge < -0.3 is 4.74 Å². The molecule has 0 bridgehead atoms. The third-order valence-electron chi connectivity index (χ3n) is 2.22. The van der Waals surface area contributed by atoms with Gasteiger partial charge >= 0.3 is 18.1 Å². The van der Waals surface area contributed by atoms with Crippen LogP contribution in [0.15, 0.2) is 17.3 Å². The maximum absolute atomic E-state index is 12.4. The van der Waals surface area contributed by atoms with Crippen molar-refractivity contribution in [3.63, 3.8) is 0 Å². The number of ether oxygens (including phenoxy) is 1. The van der Waals surface area contributed by atoms with E-state index in [0.717, 1.165) is 17.8 Å². The largest absolute Gasteiger partial charge is 0.417 e. The predicted octanol–water partition coefficient (Wildman–Crippen LogP) is 2.69. The fourth-order valence-corrected chi connectivity index (χ4v) is 2.56. The molecule has 1 fully saturated rings. The Labute approximate surface area is 114 Å². The highest BCUT2D eigenvalue weighted by Crippen LogP contribution is 2.36. The lowest BCUT2D eigenvalue weighted by atomic mass is 10.3. The minimum Gasteiger partial charge on any atom is -0.392 e. The summed E-state index contributed by atoms with van der Waals surface area (Å²) in [7, 11) is 0. The molecule has 1 aromatic rings. The molecule has 1 aromatic heterocycles. The van der Waals surface area contributed by atoms with E-state index in [9.17, 15) is 22.8 Å². The lowest BCUT2D eigenvalue weighted by molar-refractivity contribution is -0.151. The maximum Gasteiger partial charge on any atom is 0.417 e. The second-order valence-corrected chi connectivity index (χ2v) is 5.21. The Kier molecular flexibility index (Phi) is 3.73. The van der Waals surface area contributed by atoms with Crippen LogP contribution in [0.25, 0.3) is 0 Å². The van der Waals surface area contributed by atoms with Crippen molar-refractivity contribution in [2.24, 2.45) is 0 Å². The van der Waals surface area contributed by atoms with Gasteiger partial charge in [-0.2, -0.15) is 13.2 Å². The summed E-state index contributed by atoms with van der Waals surface area (Å²) in [6.07, 6.45) is -4.07. The Balaban J connectivity index is 2.18. The zero-order valence-electron chi connectivity index (χ0n) is 9.03. The van der Waals surface area contributed by atoms with E-state index < -0.39 is 28.9 Å². The minimum absolute atomic E-state index is 0.0475. The molecular formula is C10H5ClF3NO3S. The second kappa shape index (κ2) is 5.01. The van der Waals surface area contributed by atoms with Gasteiger partial charge in [-0.3, -0.25) is 9.59 Å². The lowest BCUT2D eigenvalue weighted by Gasteiger charge is -2.09. The van der Waals surface area contributed by atoms with Gasteiger partial charge in [0.25, 0.3) is 0 Å². The van der Waals surface area contributed by atoms with Crippen molar-refractivity contribution in [2.45, 2.75) is 22.9 Å². The third kappa shape index (κ3) is 3.19. The highest BCUT2D eigenvalue weighted by Gasteiger charge is 2.36. The molecule has 1 aliphatic heterocycles. The number of alkyl halides is 3. The Morgan fingerprint density at radius 3 is 2.58 bits per heavy atom. The number of cyclic esters (lactones) is 2. The highest BCUT2D eigenvalue weighted by molar-refractivity contribution is 8.00. The molecule has 19 heavy (non-hydrogen) atoms. The van der Waals surface area contributed by atoms with E-state index in [4.69, 9.17) is 11.6 Å². The van der Waals surface area contributed by atoms with Gasteiger partial charge in [0.2, 0.25) is 0 Å². The van der Waals surface area contributed by atoms with Crippen LogP contribution in [0.5, 0.6) is 0 Å². The summed E-state index contributed by atoms with van der Waals surface area (Å²) in [6.45, 7) is 0. The average Bonchev–Trinajstić information content (AvgIpc) is 2.59. The molecule has 102 valence electrons. The van der Waals surface area contributed by atoms with E-state index in [0.29, 0.717) is 6.20 Å². The van der Waals surface area contributed by atoms with Crippen molar-refractivity contribution in [3.05, 3.63) is 22.8 Å². The zero-order valence-corrected chi connectivity index (χ0v) is 10.6. The van der Waals surface area contributed by atoms with E-state index in [1.165, 1.54) is 0 Å². The highest BCUT2D eigenvalue weighted by atomic mass is 35.5. The summed E-state index contributed by atoms with van der Waals surface area (Å²) in [5, 5.41) is -1.01. The van der Waals surface area contributed by atoms with Crippen LogP contribution in [-0.4, -0.2) is 22.2 Å². The van der Waals surface area contributed by atoms with Crippen LogP contribution in [0.4, 0.5) is 13.2 Å². The fraction of sp³-hybridized carbons (Fsp3) is 0.300. The van der Waals surface area contributed by atoms with Crippen molar-refractivity contribution >= 4 is 35.3 Å². The van der Waals surface area contributed by atoms with Gasteiger partial charge in [0.1, 0.15) is 10.3 Å². The topological polar surface area (TPSA) is 56.3 Å². The minimum atomic E-state index is -4.54. The number of pyridine rings is 1. The molecule has 0 spiro atoms. The zero-order chi connectivity index (χ0) is 14.2. The van der Waals surface area contributed by atoms with Crippen LogP contribution in [0.2, 0.25) is 5.02 Å². The van der Waals surface area contributed by atoms with Gasteiger partial charge in [-0.25, -0.2) is 4.98 Å². The van der Waals surface area contributed by atoms with Gasteiger partial charge in [-0.15, -0.1) is 0 Å². The first-order valence-electron chi connectivity index (χ1n) is 4.91. The number of aromatic nitrogens is 1. The molecule has 0 unspecified atom stereocenters. The molecule has 0 aliphatic carbocycles. The van der Waals surface area contributed by atoms with E-state index in [-0.39, 0.29) is 16.5 Å². The number of carbonyl (C=O) groups is 2. The lowest BCUT2D eigenvalue weighted by Crippen LogP contribution is -2.10. The summed E-state index contributed by atoms with van der Waals surface area (Å²) in [4.78, 5) is 25.6. The molecule has 0 saturated carbocycles. The van der Waals surface area contributed by atoms with Crippen LogP contribution in [-0.2, 0) is 20.5 Å². The van der Waals surface area contributed by atoms with Crippen molar-refractivity contribution < 1.29 is 27.5 Å². The molecule has 0 aromatic carbocycles. The quantitative estimate of drug-likeness (QED) is 0.621. The number of carbonyl (C=O) groups excluding carboxylic acids is 2. The normalized spacial score (nSPS) is 19.7. The second-order valence-electron chi connectivity index (χ2n) is 3.61. The molecule has 9 heteroatoms. The fourth-order valence-electron chi connectivity index (χ4n) is 1.35. The molecule has 0 radical (unpaired) electrons. The first-order valence-corrected chi connectivity index (χ1v) is 6.17. The number of esters is 2. The van der Waals surface area contributed by atoms with Crippen molar-refractivity contribution in [3.8, 4) is 0 Å². The summed E-state index contributed by atoms with van der Waals surface area (Å²) < 4.78 is 41.5. The Hall–Kier alpha value is -1.28. The summed E-state index contributed by atoms with van der Waals surface area (Å²) >= 11 is 6.48. The van der Waals surface area contributed by atoms with Gasteiger partial charge in [0, 0.05) is 6.20 Å². The van der Waals surface area contributed by atoms with Crippen molar-refractivity contribution in [2.75, 3.05) is 0 Å². The third-order valence-corrected chi connectivity index (χ3v) is 3.81. The first-order chi connectivity index (χ1) is 8.77. The molecule has 0 N–H and O–H groups in total. The van der Waals surface area contributed by atoms with E-state index in [1.54, 1.807) is 0 Å². The summed E-state index contributed by atoms with van der Waals surface area (Å²) in [5.74, 6) is -1.42. The van der Waals surface area contributed by atoms with E-state index in [2.05, 4.69) is 9.72 Å². The number of hydrogen-bond donors (Lipinski definition) is 0. The Bertz CT molecular complexity index is 549.